The number of carbonyl (C=O) groups is 1. The van der Waals surface area contributed by atoms with Gasteiger partial charge in [-0.25, -0.2) is 0 Å². The highest BCUT2D eigenvalue weighted by Crippen LogP contribution is 2.23. The van der Waals surface area contributed by atoms with E-state index in [2.05, 4.69) is 6.07 Å². The van der Waals surface area contributed by atoms with Gasteiger partial charge >= 0.3 is 0 Å². The van der Waals surface area contributed by atoms with Gasteiger partial charge in [-0.15, -0.1) is 22.7 Å². The van der Waals surface area contributed by atoms with Gasteiger partial charge in [0.1, 0.15) is 5.75 Å². The van der Waals surface area contributed by atoms with Crippen LogP contribution in [-0.2, 0) is 13.1 Å². The molecule has 3 aromatic rings. The van der Waals surface area contributed by atoms with E-state index in [-0.39, 0.29) is 5.91 Å². The lowest BCUT2D eigenvalue weighted by atomic mass is 10.2. The van der Waals surface area contributed by atoms with E-state index >= 15 is 0 Å². The second kappa shape index (κ2) is 7.44. The summed E-state index contributed by atoms with van der Waals surface area (Å²) in [5.41, 5.74) is 1.01. The molecule has 3 rings (SSSR count). The summed E-state index contributed by atoms with van der Waals surface area (Å²) >= 11 is 3.14. The van der Waals surface area contributed by atoms with Crippen molar-refractivity contribution >= 4 is 28.6 Å². The minimum absolute atomic E-state index is 0.0549. The number of nitrogens with zero attached hydrogens (tertiary/aromatic N) is 1. The Kier molecular flexibility index (Phi) is 5.10. The van der Waals surface area contributed by atoms with Gasteiger partial charge in [-0.1, -0.05) is 30.3 Å². The average Bonchev–Trinajstić information content (AvgIpc) is 3.27. The number of rotatable bonds is 6. The number of hydrogen-bond donors (Lipinski definition) is 0. The molecule has 0 N–H and O–H groups in total. The van der Waals surface area contributed by atoms with Crippen LogP contribution in [0.4, 0.5) is 0 Å². The lowest BCUT2D eigenvalue weighted by Crippen LogP contribution is -2.29. The van der Waals surface area contributed by atoms with Crippen LogP contribution in [0, 0.1) is 0 Å². The molecule has 23 heavy (non-hydrogen) atoms. The van der Waals surface area contributed by atoms with Gasteiger partial charge in [0.25, 0.3) is 5.91 Å². The predicted octanol–water partition coefficient (Wildman–Crippen LogP) is 4.66. The maximum atomic E-state index is 12.8. The number of amides is 1. The number of para-hydroxylation sites is 1. The molecular weight excluding hydrogens is 326 g/mol. The second-order valence-electron chi connectivity index (χ2n) is 5.03. The molecule has 118 valence electrons. The molecule has 3 nitrogen and oxygen atoms in total. The summed E-state index contributed by atoms with van der Waals surface area (Å²) in [5, 5.41) is 3.96. The SMILES string of the molecule is COc1ccccc1CN(Cc1cccs1)C(=O)c1cccs1. The van der Waals surface area contributed by atoms with Gasteiger partial charge < -0.3 is 9.64 Å². The quantitative estimate of drug-likeness (QED) is 0.651. The maximum Gasteiger partial charge on any atom is 0.264 e. The van der Waals surface area contributed by atoms with Crippen molar-refractivity contribution in [2.75, 3.05) is 7.11 Å². The van der Waals surface area contributed by atoms with Crippen LogP contribution in [0.2, 0.25) is 0 Å². The average molecular weight is 343 g/mol. The molecule has 0 saturated heterocycles. The molecule has 0 unspecified atom stereocenters. The van der Waals surface area contributed by atoms with Crippen molar-refractivity contribution in [1.82, 2.24) is 4.90 Å². The molecule has 0 atom stereocenters. The first-order valence-corrected chi connectivity index (χ1v) is 9.01. The summed E-state index contributed by atoms with van der Waals surface area (Å²) in [6.45, 7) is 1.13. The number of hydrogen-bond acceptors (Lipinski definition) is 4. The topological polar surface area (TPSA) is 29.5 Å². The maximum absolute atomic E-state index is 12.8. The molecule has 0 aliphatic heterocycles. The van der Waals surface area contributed by atoms with Crippen LogP contribution in [0.5, 0.6) is 5.75 Å². The molecule has 0 aliphatic carbocycles. The Hall–Kier alpha value is -2.11. The first kappa shape index (κ1) is 15.8. The van der Waals surface area contributed by atoms with E-state index in [1.165, 1.54) is 16.2 Å². The van der Waals surface area contributed by atoms with Crippen molar-refractivity contribution in [2.45, 2.75) is 13.1 Å². The summed E-state index contributed by atoms with van der Waals surface area (Å²) in [6, 6.07) is 15.7. The molecule has 2 aromatic heterocycles. The van der Waals surface area contributed by atoms with E-state index < -0.39 is 0 Å². The highest BCUT2D eigenvalue weighted by Gasteiger charge is 2.19. The summed E-state index contributed by atoms with van der Waals surface area (Å²) in [4.78, 5) is 16.6. The fraction of sp³-hybridized carbons (Fsp3) is 0.167. The molecule has 0 bridgehead atoms. The third kappa shape index (κ3) is 3.81. The smallest absolute Gasteiger partial charge is 0.264 e. The van der Waals surface area contributed by atoms with E-state index in [9.17, 15) is 4.79 Å². The van der Waals surface area contributed by atoms with Crippen LogP contribution >= 0.6 is 22.7 Å². The van der Waals surface area contributed by atoms with Gasteiger partial charge in [0, 0.05) is 10.4 Å². The molecule has 0 spiro atoms. The summed E-state index contributed by atoms with van der Waals surface area (Å²) < 4.78 is 5.42. The summed E-state index contributed by atoms with van der Waals surface area (Å²) in [5.74, 6) is 0.863. The molecule has 1 amide bonds. The van der Waals surface area contributed by atoms with Crippen molar-refractivity contribution < 1.29 is 9.53 Å². The fourth-order valence-corrected chi connectivity index (χ4v) is 3.80. The predicted molar refractivity (Wildman–Crippen MR) is 95.2 cm³/mol. The third-order valence-corrected chi connectivity index (χ3v) is 5.22. The van der Waals surface area contributed by atoms with Crippen LogP contribution in [0.1, 0.15) is 20.1 Å². The Morgan fingerprint density at radius 2 is 1.78 bits per heavy atom. The van der Waals surface area contributed by atoms with E-state index in [0.29, 0.717) is 13.1 Å². The Labute approximate surface area is 143 Å². The largest absolute Gasteiger partial charge is 0.496 e. The van der Waals surface area contributed by atoms with Gasteiger partial charge in [-0.2, -0.15) is 0 Å². The molecule has 0 radical (unpaired) electrons. The van der Waals surface area contributed by atoms with E-state index in [1.807, 2.05) is 58.1 Å². The first-order valence-electron chi connectivity index (χ1n) is 7.25. The summed E-state index contributed by atoms with van der Waals surface area (Å²) in [6.07, 6.45) is 0. The van der Waals surface area contributed by atoms with Gasteiger partial charge in [-0.05, 0) is 29.0 Å². The molecule has 0 fully saturated rings. The second-order valence-corrected chi connectivity index (χ2v) is 7.01. The Balaban J connectivity index is 1.87. The van der Waals surface area contributed by atoms with E-state index in [1.54, 1.807) is 18.4 Å². The van der Waals surface area contributed by atoms with Crippen molar-refractivity contribution in [1.29, 1.82) is 0 Å². The minimum atomic E-state index is 0.0549. The van der Waals surface area contributed by atoms with Crippen molar-refractivity contribution in [3.05, 3.63) is 74.6 Å². The normalized spacial score (nSPS) is 10.5. The van der Waals surface area contributed by atoms with Crippen molar-refractivity contribution in [2.24, 2.45) is 0 Å². The lowest BCUT2D eigenvalue weighted by molar-refractivity contribution is 0.0735. The number of carbonyl (C=O) groups excluding carboxylic acids is 1. The van der Waals surface area contributed by atoms with Gasteiger partial charge in [0.2, 0.25) is 0 Å². The van der Waals surface area contributed by atoms with Crippen molar-refractivity contribution in [3.63, 3.8) is 0 Å². The zero-order valence-corrected chi connectivity index (χ0v) is 14.4. The van der Waals surface area contributed by atoms with E-state index in [4.69, 9.17) is 4.74 Å². The third-order valence-electron chi connectivity index (χ3n) is 3.50. The van der Waals surface area contributed by atoms with Crippen LogP contribution in [-0.4, -0.2) is 17.9 Å². The van der Waals surface area contributed by atoms with Crippen molar-refractivity contribution in [3.8, 4) is 5.75 Å². The Bertz CT molecular complexity index is 751. The van der Waals surface area contributed by atoms with Crippen LogP contribution in [0.15, 0.2) is 59.3 Å². The van der Waals surface area contributed by atoms with Gasteiger partial charge in [-0.3, -0.25) is 4.79 Å². The number of methoxy groups -OCH3 is 1. The molecule has 0 saturated carbocycles. The van der Waals surface area contributed by atoms with Crippen LogP contribution < -0.4 is 4.74 Å². The van der Waals surface area contributed by atoms with E-state index in [0.717, 1.165) is 16.2 Å². The molecule has 5 heteroatoms. The molecule has 2 heterocycles. The Morgan fingerprint density at radius 3 is 2.48 bits per heavy atom. The molecule has 0 aliphatic rings. The zero-order valence-electron chi connectivity index (χ0n) is 12.8. The Morgan fingerprint density at radius 1 is 1.00 bits per heavy atom. The fourth-order valence-electron chi connectivity index (χ4n) is 2.39. The minimum Gasteiger partial charge on any atom is -0.496 e. The highest BCUT2D eigenvalue weighted by molar-refractivity contribution is 7.12. The lowest BCUT2D eigenvalue weighted by Gasteiger charge is -2.22. The standard InChI is InChI=1S/C18H17NO2S2/c1-21-16-8-3-2-6-14(16)12-19(13-15-7-4-10-22-15)18(20)17-9-5-11-23-17/h2-11H,12-13H2,1H3. The van der Waals surface area contributed by atoms with Crippen LogP contribution in [0.3, 0.4) is 0 Å². The number of benzene rings is 1. The zero-order chi connectivity index (χ0) is 16.1. The molecule has 1 aromatic carbocycles. The van der Waals surface area contributed by atoms with Gasteiger partial charge in [0.15, 0.2) is 0 Å². The van der Waals surface area contributed by atoms with Gasteiger partial charge in [0.05, 0.1) is 25.1 Å². The molecular formula is C18H17NO2S2. The monoisotopic (exact) mass is 343 g/mol. The summed E-state index contributed by atoms with van der Waals surface area (Å²) in [7, 11) is 1.66. The number of thiophene rings is 2. The van der Waals surface area contributed by atoms with Crippen LogP contribution in [0.25, 0.3) is 0 Å². The highest BCUT2D eigenvalue weighted by atomic mass is 32.1. The first-order chi connectivity index (χ1) is 11.3. The number of ether oxygens (including phenoxy) is 1.